The molecule has 9 N–H and O–H groups in total. The van der Waals surface area contributed by atoms with Gasteiger partial charge >= 0.3 is 0 Å². The predicted molar refractivity (Wildman–Crippen MR) is 166 cm³/mol. The lowest BCUT2D eigenvalue weighted by molar-refractivity contribution is -0.138. The minimum atomic E-state index is -1.16. The topological polar surface area (TPSA) is 192 Å². The number of hydrogen-bond donors (Lipinski definition) is 5. The number of nitrogens with two attached hydrogens (primary N) is 4. The summed E-state index contributed by atoms with van der Waals surface area (Å²) < 4.78 is 6.33. The van der Waals surface area contributed by atoms with E-state index in [0.29, 0.717) is 39.0 Å². The molecule has 1 heterocycles. The smallest absolute Gasteiger partial charge is 0.245 e. The van der Waals surface area contributed by atoms with Gasteiger partial charge in [-0.25, -0.2) is 0 Å². The van der Waals surface area contributed by atoms with E-state index in [9.17, 15) is 14.4 Å². The summed E-state index contributed by atoms with van der Waals surface area (Å²) in [5, 5.41) is 5.08. The Labute approximate surface area is 251 Å². The molecule has 0 unspecified atom stereocenters. The molecule has 3 aromatic carbocycles. The molecule has 1 aliphatic heterocycles. The molecule has 0 aromatic heterocycles. The van der Waals surface area contributed by atoms with Crippen molar-refractivity contribution < 1.29 is 19.1 Å². The van der Waals surface area contributed by atoms with Crippen LogP contribution in [0, 0.1) is 0 Å². The van der Waals surface area contributed by atoms with Gasteiger partial charge in [0.1, 0.15) is 6.04 Å². The van der Waals surface area contributed by atoms with Crippen LogP contribution in [-0.2, 0) is 32.1 Å². The monoisotopic (exact) mass is 587 g/mol. The van der Waals surface area contributed by atoms with Crippen molar-refractivity contribution in [3.05, 3.63) is 83.9 Å². The van der Waals surface area contributed by atoms with Gasteiger partial charge in [0.2, 0.25) is 17.7 Å². The third-order valence-electron chi connectivity index (χ3n) is 7.60. The summed E-state index contributed by atoms with van der Waals surface area (Å²) in [6.07, 6.45) is 1.70. The molecule has 0 radical (unpaired) electrons. The Kier molecular flexibility index (Phi) is 11.1. The first-order valence-corrected chi connectivity index (χ1v) is 14.5. The second-order valence-corrected chi connectivity index (χ2v) is 11.0. The first-order valence-electron chi connectivity index (χ1n) is 14.5. The highest BCUT2D eigenvalue weighted by Crippen LogP contribution is 2.27. The third-order valence-corrected chi connectivity index (χ3v) is 7.60. The standard InChI is InChI=1S/C32H41N7O4/c33-27(18-29(34)40)30(41)38-28(16-21-7-2-1-3-8-21)31(42)39-19-26(17-25(39)11-6-14-37-32(35)36)43-20-22-12-13-23-9-4-5-10-24(23)15-22/h1-5,7-10,12-13,15,25-28H,6,11,14,16-20,33H2,(H2,34,40)(H,38,41)(H4,35,36,37)/t25-,26-,27-,28+/m0/s1. The molecule has 1 saturated heterocycles. The summed E-state index contributed by atoms with van der Waals surface area (Å²) in [7, 11) is 0. The number of nitrogens with one attached hydrogen (secondary N) is 1. The Hall–Kier alpha value is -4.48. The van der Waals surface area contributed by atoms with E-state index in [1.807, 2.05) is 48.5 Å². The number of aliphatic imine (C=N–C) groups is 1. The van der Waals surface area contributed by atoms with Crippen molar-refractivity contribution in [2.75, 3.05) is 13.1 Å². The number of nitrogens with zero attached hydrogens (tertiary/aromatic N) is 2. The number of ether oxygens (including phenoxy) is 1. The first-order chi connectivity index (χ1) is 20.7. The maximum Gasteiger partial charge on any atom is 0.245 e. The zero-order chi connectivity index (χ0) is 30.8. The molecule has 228 valence electrons. The second-order valence-electron chi connectivity index (χ2n) is 11.0. The van der Waals surface area contributed by atoms with E-state index < -0.39 is 23.9 Å². The van der Waals surface area contributed by atoms with Crippen molar-refractivity contribution in [2.45, 2.75) is 62.9 Å². The molecule has 0 spiro atoms. The van der Waals surface area contributed by atoms with Crippen LogP contribution in [0.2, 0.25) is 0 Å². The van der Waals surface area contributed by atoms with Gasteiger partial charge in [-0.1, -0.05) is 66.7 Å². The summed E-state index contributed by atoms with van der Waals surface area (Å²) in [6.45, 7) is 1.22. The van der Waals surface area contributed by atoms with Crippen LogP contribution in [0.5, 0.6) is 0 Å². The van der Waals surface area contributed by atoms with Crippen LogP contribution in [-0.4, -0.2) is 65.9 Å². The number of carbonyl (C=O) groups is 3. The van der Waals surface area contributed by atoms with Crippen LogP contribution >= 0.6 is 0 Å². The molecule has 4 rings (SSSR count). The fraction of sp³-hybridized carbons (Fsp3) is 0.375. The molecular weight excluding hydrogens is 546 g/mol. The van der Waals surface area contributed by atoms with Crippen LogP contribution in [0.1, 0.15) is 36.8 Å². The number of fused-ring (bicyclic) bond motifs is 1. The van der Waals surface area contributed by atoms with Crippen LogP contribution in [0.25, 0.3) is 10.8 Å². The van der Waals surface area contributed by atoms with E-state index >= 15 is 0 Å². The number of carbonyl (C=O) groups excluding carboxylic acids is 3. The molecule has 0 aliphatic carbocycles. The fourth-order valence-corrected chi connectivity index (χ4v) is 5.45. The van der Waals surface area contributed by atoms with Crippen molar-refractivity contribution in [2.24, 2.45) is 27.9 Å². The highest BCUT2D eigenvalue weighted by atomic mass is 16.5. The number of hydrogen-bond acceptors (Lipinski definition) is 6. The lowest BCUT2D eigenvalue weighted by atomic mass is 10.0. The summed E-state index contributed by atoms with van der Waals surface area (Å²) in [5.41, 5.74) is 24.0. The number of benzene rings is 3. The molecule has 3 aromatic rings. The van der Waals surface area contributed by atoms with Gasteiger partial charge < -0.3 is 37.9 Å². The number of guanidine groups is 1. The molecule has 0 bridgehead atoms. The zero-order valence-corrected chi connectivity index (χ0v) is 24.2. The molecular formula is C32H41N7O4. The lowest BCUT2D eigenvalue weighted by Crippen LogP contribution is -2.55. The molecule has 43 heavy (non-hydrogen) atoms. The molecule has 0 saturated carbocycles. The highest BCUT2D eigenvalue weighted by molar-refractivity contribution is 5.92. The lowest BCUT2D eigenvalue weighted by Gasteiger charge is -2.30. The minimum Gasteiger partial charge on any atom is -0.372 e. The Balaban J connectivity index is 1.50. The number of rotatable bonds is 14. The molecule has 11 heteroatoms. The summed E-state index contributed by atoms with van der Waals surface area (Å²) in [4.78, 5) is 44.2. The largest absolute Gasteiger partial charge is 0.372 e. The van der Waals surface area contributed by atoms with Gasteiger partial charge in [-0.15, -0.1) is 0 Å². The van der Waals surface area contributed by atoms with E-state index in [-0.39, 0.29) is 36.9 Å². The van der Waals surface area contributed by atoms with Crippen LogP contribution < -0.4 is 28.3 Å². The summed E-state index contributed by atoms with van der Waals surface area (Å²) >= 11 is 0. The van der Waals surface area contributed by atoms with Gasteiger partial charge in [-0.3, -0.25) is 19.4 Å². The Morgan fingerprint density at radius 1 is 0.953 bits per heavy atom. The van der Waals surface area contributed by atoms with Gasteiger partial charge in [0.15, 0.2) is 5.96 Å². The number of primary amides is 1. The second kappa shape index (κ2) is 15.1. The van der Waals surface area contributed by atoms with Crippen LogP contribution in [0.4, 0.5) is 0 Å². The normalized spacial score (nSPS) is 17.7. The van der Waals surface area contributed by atoms with E-state index in [1.54, 1.807) is 4.90 Å². The molecule has 1 aliphatic rings. The fourth-order valence-electron chi connectivity index (χ4n) is 5.45. The third kappa shape index (κ3) is 9.25. The maximum absolute atomic E-state index is 14.1. The van der Waals surface area contributed by atoms with Crippen molar-refractivity contribution in [3.63, 3.8) is 0 Å². The average molecular weight is 588 g/mol. The van der Waals surface area contributed by atoms with Gasteiger partial charge in [0.05, 0.1) is 25.2 Å². The summed E-state index contributed by atoms with van der Waals surface area (Å²) in [6, 6.07) is 21.6. The van der Waals surface area contributed by atoms with Crippen LogP contribution in [0.3, 0.4) is 0 Å². The molecule has 11 nitrogen and oxygen atoms in total. The molecule has 4 atom stereocenters. The van der Waals surface area contributed by atoms with Crippen molar-refractivity contribution in [1.29, 1.82) is 0 Å². The van der Waals surface area contributed by atoms with Gasteiger partial charge in [-0.05, 0) is 47.2 Å². The van der Waals surface area contributed by atoms with E-state index in [4.69, 9.17) is 27.7 Å². The average Bonchev–Trinajstić information content (AvgIpc) is 3.40. The summed E-state index contributed by atoms with van der Waals surface area (Å²) in [5.74, 6) is -1.53. The first kappa shape index (κ1) is 31.5. The van der Waals surface area contributed by atoms with E-state index in [0.717, 1.165) is 21.9 Å². The maximum atomic E-state index is 14.1. The minimum absolute atomic E-state index is 0.0221. The Morgan fingerprint density at radius 3 is 2.40 bits per heavy atom. The van der Waals surface area contributed by atoms with Crippen LogP contribution in [0.15, 0.2) is 77.8 Å². The van der Waals surface area contributed by atoms with Crippen molar-refractivity contribution in [3.8, 4) is 0 Å². The number of likely N-dealkylation sites (tertiary alicyclic amines) is 1. The Bertz CT molecular complexity index is 1430. The van der Waals surface area contributed by atoms with Crippen molar-refractivity contribution >= 4 is 34.5 Å². The van der Waals surface area contributed by atoms with Crippen molar-refractivity contribution in [1.82, 2.24) is 10.2 Å². The molecule has 1 fully saturated rings. The zero-order valence-electron chi connectivity index (χ0n) is 24.2. The van der Waals surface area contributed by atoms with E-state index in [1.165, 1.54) is 0 Å². The molecule has 3 amide bonds. The Morgan fingerprint density at radius 2 is 1.67 bits per heavy atom. The van der Waals surface area contributed by atoms with Gasteiger partial charge in [0.25, 0.3) is 0 Å². The predicted octanol–water partition coefficient (Wildman–Crippen LogP) is 1.31. The quantitative estimate of drug-likeness (QED) is 0.107. The highest BCUT2D eigenvalue weighted by Gasteiger charge is 2.39. The van der Waals surface area contributed by atoms with E-state index in [2.05, 4.69) is 34.6 Å². The van der Waals surface area contributed by atoms with Gasteiger partial charge in [-0.2, -0.15) is 0 Å². The number of amides is 3. The van der Waals surface area contributed by atoms with Gasteiger partial charge in [0, 0.05) is 25.6 Å². The SMILES string of the molecule is NC(=O)C[C@H](N)C(=O)N[C@H](Cc1ccccc1)C(=O)N1C[C@@H](OCc2ccc3ccccc3c2)C[C@@H]1CCCN=C(N)N.